The third kappa shape index (κ3) is 3.58. The Balaban J connectivity index is 1.51. The van der Waals surface area contributed by atoms with E-state index in [-0.39, 0.29) is 24.8 Å². The first-order chi connectivity index (χ1) is 12.7. The molecule has 0 saturated carbocycles. The Morgan fingerprint density at radius 2 is 2.15 bits per heavy atom. The summed E-state index contributed by atoms with van der Waals surface area (Å²) in [5.74, 6) is -0.282. The number of ether oxygens (including phenoxy) is 2. The van der Waals surface area contributed by atoms with Crippen molar-refractivity contribution >= 4 is 0 Å². The fourth-order valence-corrected chi connectivity index (χ4v) is 3.48. The molecule has 1 aromatic heterocycles. The molecule has 5 nitrogen and oxygen atoms in total. The van der Waals surface area contributed by atoms with Crippen LogP contribution in [0.2, 0.25) is 0 Å². The highest BCUT2D eigenvalue weighted by atomic mass is 19.1. The molecule has 1 N–H and O–H groups in total. The largest absolute Gasteiger partial charge is 0.392 e. The molecule has 2 unspecified atom stereocenters. The minimum absolute atomic E-state index is 0.0111. The van der Waals surface area contributed by atoms with Crippen molar-refractivity contribution in [2.45, 2.75) is 38.0 Å². The molecule has 0 bridgehead atoms. The zero-order valence-corrected chi connectivity index (χ0v) is 14.6. The maximum atomic E-state index is 14.7. The molecule has 2 aromatic rings. The fraction of sp³-hybridized carbons (Fsp3) is 0.450. The minimum atomic E-state index is -0.308. The number of aliphatic hydroxyl groups is 1. The highest BCUT2D eigenvalue weighted by Crippen LogP contribution is 2.32. The number of aromatic nitrogens is 2. The second kappa shape index (κ2) is 7.70. The topological polar surface area (TPSA) is 56.5 Å². The van der Waals surface area contributed by atoms with E-state index in [1.54, 1.807) is 12.3 Å². The maximum Gasteiger partial charge on any atom is 0.150 e. The van der Waals surface area contributed by atoms with E-state index in [0.29, 0.717) is 18.6 Å². The van der Waals surface area contributed by atoms with Gasteiger partial charge < -0.3 is 14.6 Å². The second-order valence-corrected chi connectivity index (χ2v) is 6.82. The average Bonchev–Trinajstić information content (AvgIpc) is 3.19. The van der Waals surface area contributed by atoms with Gasteiger partial charge in [0.15, 0.2) is 0 Å². The quantitative estimate of drug-likeness (QED) is 0.846. The summed E-state index contributed by atoms with van der Waals surface area (Å²) in [4.78, 5) is 0. The van der Waals surface area contributed by atoms with Crippen molar-refractivity contribution in [3.63, 3.8) is 0 Å². The zero-order valence-electron chi connectivity index (χ0n) is 14.6. The molecule has 2 atom stereocenters. The maximum absolute atomic E-state index is 14.7. The zero-order chi connectivity index (χ0) is 17.9. The van der Waals surface area contributed by atoms with Crippen LogP contribution in [0, 0.1) is 5.82 Å². The van der Waals surface area contributed by atoms with Crippen molar-refractivity contribution < 1.29 is 19.0 Å². The van der Waals surface area contributed by atoms with Gasteiger partial charge in [-0.2, -0.15) is 5.10 Å². The summed E-state index contributed by atoms with van der Waals surface area (Å²) in [5.41, 5.74) is 3.05. The molecule has 4 rings (SSSR count). The molecule has 0 amide bonds. The SMILES string of the molecule is OCC1=CCC(c2ccc(-c3cnn(C4CCCCO4)c3)cc2F)OC1. The first-order valence-electron chi connectivity index (χ1n) is 9.10. The van der Waals surface area contributed by atoms with Crippen molar-refractivity contribution in [2.75, 3.05) is 19.8 Å². The van der Waals surface area contributed by atoms with E-state index in [1.807, 2.05) is 23.0 Å². The van der Waals surface area contributed by atoms with Gasteiger partial charge in [0.25, 0.3) is 0 Å². The Morgan fingerprint density at radius 1 is 1.23 bits per heavy atom. The van der Waals surface area contributed by atoms with Crippen LogP contribution in [0.4, 0.5) is 4.39 Å². The van der Waals surface area contributed by atoms with Gasteiger partial charge in [-0.25, -0.2) is 9.07 Å². The lowest BCUT2D eigenvalue weighted by atomic mass is 9.99. The summed E-state index contributed by atoms with van der Waals surface area (Å²) in [6.45, 7) is 1.09. The summed E-state index contributed by atoms with van der Waals surface area (Å²) in [5, 5.41) is 13.5. The van der Waals surface area contributed by atoms with Crippen LogP contribution in [0.1, 0.15) is 43.6 Å². The lowest BCUT2D eigenvalue weighted by Crippen LogP contribution is -2.18. The molecule has 6 heteroatoms. The van der Waals surface area contributed by atoms with Crippen LogP contribution in [0.25, 0.3) is 11.1 Å². The van der Waals surface area contributed by atoms with Crippen LogP contribution in [-0.2, 0) is 9.47 Å². The van der Waals surface area contributed by atoms with Crippen LogP contribution in [0.5, 0.6) is 0 Å². The van der Waals surface area contributed by atoms with Gasteiger partial charge in [0.2, 0.25) is 0 Å². The standard InChI is InChI=1S/C20H23FN2O3/c21-18-9-15(5-6-17(18)19-7-4-14(12-24)13-26-19)16-10-22-23(11-16)20-3-1-2-8-25-20/h4-6,9-11,19-20,24H,1-3,7-8,12-13H2. The van der Waals surface area contributed by atoms with Crippen molar-refractivity contribution in [1.29, 1.82) is 0 Å². The molecule has 138 valence electrons. The molecular weight excluding hydrogens is 335 g/mol. The number of aliphatic hydroxyl groups excluding tert-OH is 1. The van der Waals surface area contributed by atoms with E-state index in [9.17, 15) is 4.39 Å². The van der Waals surface area contributed by atoms with Gasteiger partial charge in [-0.15, -0.1) is 0 Å². The number of hydrogen-bond donors (Lipinski definition) is 1. The summed E-state index contributed by atoms with van der Waals surface area (Å²) in [6, 6.07) is 5.21. The second-order valence-electron chi connectivity index (χ2n) is 6.82. The predicted molar refractivity (Wildman–Crippen MR) is 94.9 cm³/mol. The minimum Gasteiger partial charge on any atom is -0.392 e. The van der Waals surface area contributed by atoms with Gasteiger partial charge in [0.1, 0.15) is 12.0 Å². The van der Waals surface area contributed by atoms with Gasteiger partial charge >= 0.3 is 0 Å². The number of nitrogens with zero attached hydrogens (tertiary/aromatic N) is 2. The van der Waals surface area contributed by atoms with E-state index < -0.39 is 0 Å². The third-order valence-corrected chi connectivity index (χ3v) is 5.03. The molecule has 1 saturated heterocycles. The van der Waals surface area contributed by atoms with Crippen molar-refractivity contribution in [3.05, 3.63) is 53.6 Å². The molecule has 0 radical (unpaired) electrons. The summed E-state index contributed by atoms with van der Waals surface area (Å²) < 4.78 is 27.9. The summed E-state index contributed by atoms with van der Waals surface area (Å²) >= 11 is 0. The van der Waals surface area contributed by atoms with Crippen molar-refractivity contribution in [1.82, 2.24) is 9.78 Å². The highest BCUT2D eigenvalue weighted by Gasteiger charge is 2.21. The highest BCUT2D eigenvalue weighted by molar-refractivity contribution is 5.62. The Labute approximate surface area is 152 Å². The van der Waals surface area contributed by atoms with E-state index in [0.717, 1.165) is 42.6 Å². The smallest absolute Gasteiger partial charge is 0.150 e. The number of hydrogen-bond acceptors (Lipinski definition) is 4. The average molecular weight is 358 g/mol. The van der Waals surface area contributed by atoms with Crippen molar-refractivity contribution in [2.24, 2.45) is 0 Å². The van der Waals surface area contributed by atoms with Crippen LogP contribution >= 0.6 is 0 Å². The predicted octanol–water partition coefficient (Wildman–Crippen LogP) is 3.77. The van der Waals surface area contributed by atoms with E-state index >= 15 is 0 Å². The fourth-order valence-electron chi connectivity index (χ4n) is 3.48. The van der Waals surface area contributed by atoms with E-state index in [4.69, 9.17) is 14.6 Å². The normalized spacial score (nSPS) is 23.7. The summed E-state index contributed by atoms with van der Waals surface area (Å²) in [6.07, 6.45) is 9.02. The molecule has 1 fully saturated rings. The molecule has 2 aliphatic rings. The molecule has 3 heterocycles. The lowest BCUT2D eigenvalue weighted by molar-refractivity contribution is -0.0394. The first kappa shape index (κ1) is 17.4. The number of rotatable bonds is 4. The molecule has 26 heavy (non-hydrogen) atoms. The molecule has 0 spiro atoms. The number of benzene rings is 1. The van der Waals surface area contributed by atoms with Gasteiger partial charge in [-0.1, -0.05) is 18.2 Å². The van der Waals surface area contributed by atoms with Gasteiger partial charge in [-0.3, -0.25) is 0 Å². The lowest BCUT2D eigenvalue weighted by Gasteiger charge is -2.23. The number of halogens is 1. The molecule has 2 aliphatic heterocycles. The molecule has 1 aromatic carbocycles. The van der Waals surface area contributed by atoms with Crippen LogP contribution < -0.4 is 0 Å². The van der Waals surface area contributed by atoms with Crippen LogP contribution in [0.3, 0.4) is 0 Å². The Morgan fingerprint density at radius 3 is 2.85 bits per heavy atom. The van der Waals surface area contributed by atoms with Gasteiger partial charge in [0.05, 0.1) is 25.5 Å². The Hall–Kier alpha value is -2.02. The van der Waals surface area contributed by atoms with Gasteiger partial charge in [0, 0.05) is 23.9 Å². The van der Waals surface area contributed by atoms with Crippen molar-refractivity contribution in [3.8, 4) is 11.1 Å². The molecule has 0 aliphatic carbocycles. The summed E-state index contributed by atoms with van der Waals surface area (Å²) in [7, 11) is 0. The van der Waals surface area contributed by atoms with E-state index in [2.05, 4.69) is 5.10 Å². The Kier molecular flexibility index (Phi) is 5.15. The Bertz CT molecular complexity index is 796. The van der Waals surface area contributed by atoms with Gasteiger partial charge in [-0.05, 0) is 42.9 Å². The van der Waals surface area contributed by atoms with Crippen LogP contribution in [0.15, 0.2) is 42.2 Å². The first-order valence-corrected chi connectivity index (χ1v) is 9.10. The third-order valence-electron chi connectivity index (χ3n) is 5.03. The molecular formula is C20H23FN2O3. The van der Waals surface area contributed by atoms with E-state index in [1.165, 1.54) is 6.07 Å². The van der Waals surface area contributed by atoms with Crippen LogP contribution in [-0.4, -0.2) is 34.7 Å². The monoisotopic (exact) mass is 358 g/mol.